The number of nitrogens with zero attached hydrogens (tertiary/aromatic N) is 2. The number of aliphatic hydroxyl groups excluding tert-OH is 1. The van der Waals surface area contributed by atoms with E-state index in [2.05, 4.69) is 21.9 Å². The monoisotopic (exact) mass is 477 g/mol. The average molecular weight is 477 g/mol. The number of allylic oxidation sites excluding steroid dienone is 1. The number of methoxy groups -OCH3 is 1. The summed E-state index contributed by atoms with van der Waals surface area (Å²) in [6.45, 7) is 5.42. The molecule has 11 heteroatoms. The molecule has 1 atom stereocenters. The minimum Gasteiger partial charge on any atom is -0.513 e. The lowest BCUT2D eigenvalue weighted by Gasteiger charge is -2.15. The summed E-state index contributed by atoms with van der Waals surface area (Å²) in [6.07, 6.45) is -0.229. The fraction of sp³-hybridized carbons (Fsp3) is 0.227. The topological polar surface area (TPSA) is 103 Å². The number of anilines is 1. The lowest BCUT2D eigenvalue weighted by Crippen LogP contribution is -2.19. The summed E-state index contributed by atoms with van der Waals surface area (Å²) in [7, 11) is 1.51. The first-order chi connectivity index (χ1) is 15.7. The third-order valence-electron chi connectivity index (χ3n) is 3.98. The quantitative estimate of drug-likeness (QED) is 0.401. The number of halogens is 2. The van der Waals surface area contributed by atoms with Crippen molar-refractivity contribution in [3.8, 4) is 17.5 Å². The fourth-order valence-electron chi connectivity index (χ4n) is 2.73. The van der Waals surface area contributed by atoms with E-state index in [4.69, 9.17) is 14.2 Å². The van der Waals surface area contributed by atoms with Crippen LogP contribution in [0.1, 0.15) is 23.0 Å². The van der Waals surface area contributed by atoms with Crippen LogP contribution in [0.15, 0.2) is 48.0 Å². The van der Waals surface area contributed by atoms with Crippen molar-refractivity contribution in [2.75, 3.05) is 19.0 Å². The van der Waals surface area contributed by atoms with Crippen molar-refractivity contribution in [3.63, 3.8) is 0 Å². The molecule has 0 spiro atoms. The molecule has 2 aromatic heterocycles. The predicted octanol–water partition coefficient (Wildman–Crippen LogP) is 4.89. The average Bonchev–Trinajstić information content (AvgIpc) is 3.13. The third-order valence-corrected chi connectivity index (χ3v) is 4.79. The number of aromatic nitrogens is 2. The maximum absolute atomic E-state index is 13.5. The number of ether oxygens (including phenoxy) is 3. The van der Waals surface area contributed by atoms with Crippen molar-refractivity contribution in [1.29, 1.82) is 0 Å². The van der Waals surface area contributed by atoms with Crippen LogP contribution in [0, 0.1) is 11.6 Å². The van der Waals surface area contributed by atoms with Crippen LogP contribution in [0.3, 0.4) is 0 Å². The SMILES string of the molecule is C=C(O)Cc1csc(NC(=O)c2cc(Oc3cc(F)cc(F)c3)nc(O[C@H](C)COC)c2)n1. The highest BCUT2D eigenvalue weighted by atomic mass is 32.1. The maximum Gasteiger partial charge on any atom is 0.257 e. The van der Waals surface area contributed by atoms with Crippen LogP contribution in [0.25, 0.3) is 0 Å². The zero-order chi connectivity index (χ0) is 24.0. The van der Waals surface area contributed by atoms with E-state index in [0.717, 1.165) is 12.1 Å². The van der Waals surface area contributed by atoms with E-state index >= 15 is 0 Å². The highest BCUT2D eigenvalue weighted by Gasteiger charge is 2.16. The Balaban J connectivity index is 1.86. The molecule has 174 valence electrons. The van der Waals surface area contributed by atoms with Gasteiger partial charge in [-0.15, -0.1) is 11.3 Å². The number of amides is 1. The smallest absolute Gasteiger partial charge is 0.257 e. The molecule has 0 radical (unpaired) electrons. The molecule has 3 rings (SSSR count). The summed E-state index contributed by atoms with van der Waals surface area (Å²) in [5, 5.41) is 13.9. The summed E-state index contributed by atoms with van der Waals surface area (Å²) in [5.74, 6) is -2.43. The van der Waals surface area contributed by atoms with E-state index < -0.39 is 23.6 Å². The Bertz CT molecular complexity index is 1130. The Morgan fingerprint density at radius 2 is 1.88 bits per heavy atom. The zero-order valence-corrected chi connectivity index (χ0v) is 18.6. The molecule has 0 unspecified atom stereocenters. The number of nitrogens with one attached hydrogen (secondary N) is 1. The van der Waals surface area contributed by atoms with Crippen molar-refractivity contribution in [1.82, 2.24) is 9.97 Å². The van der Waals surface area contributed by atoms with Crippen molar-refractivity contribution >= 4 is 22.4 Å². The third kappa shape index (κ3) is 7.22. The van der Waals surface area contributed by atoms with E-state index in [0.29, 0.717) is 16.9 Å². The first-order valence-electron chi connectivity index (χ1n) is 9.66. The molecule has 3 aromatic rings. The highest BCUT2D eigenvalue weighted by molar-refractivity contribution is 7.14. The molecule has 0 fully saturated rings. The van der Waals surface area contributed by atoms with Crippen LogP contribution in [0.5, 0.6) is 17.5 Å². The van der Waals surface area contributed by atoms with Crippen LogP contribution in [-0.4, -0.2) is 40.8 Å². The number of thiazole rings is 1. The minimum atomic E-state index is -0.825. The van der Waals surface area contributed by atoms with Crippen molar-refractivity contribution in [2.45, 2.75) is 19.4 Å². The molecule has 8 nitrogen and oxygen atoms in total. The van der Waals surface area contributed by atoms with Gasteiger partial charge in [-0.3, -0.25) is 10.1 Å². The summed E-state index contributed by atoms with van der Waals surface area (Å²) >= 11 is 1.17. The molecule has 0 aliphatic heterocycles. The van der Waals surface area contributed by atoms with Gasteiger partial charge in [0.25, 0.3) is 5.91 Å². The van der Waals surface area contributed by atoms with Gasteiger partial charge in [0, 0.05) is 49.2 Å². The van der Waals surface area contributed by atoms with Gasteiger partial charge in [-0.05, 0) is 6.92 Å². The van der Waals surface area contributed by atoms with Gasteiger partial charge in [0.05, 0.1) is 23.6 Å². The van der Waals surface area contributed by atoms with Crippen molar-refractivity contribution in [2.24, 2.45) is 0 Å². The number of carbonyl (C=O) groups excluding carboxylic acids is 1. The number of aliphatic hydroxyl groups is 1. The Hall–Kier alpha value is -3.57. The lowest BCUT2D eigenvalue weighted by atomic mass is 10.2. The Morgan fingerprint density at radius 1 is 1.18 bits per heavy atom. The van der Waals surface area contributed by atoms with E-state index in [1.165, 1.54) is 30.6 Å². The van der Waals surface area contributed by atoms with Crippen LogP contribution >= 0.6 is 11.3 Å². The minimum absolute atomic E-state index is 0.0464. The van der Waals surface area contributed by atoms with Crippen LogP contribution in [-0.2, 0) is 11.2 Å². The summed E-state index contributed by atoms with van der Waals surface area (Å²) < 4.78 is 43.2. The number of pyridine rings is 1. The van der Waals surface area contributed by atoms with E-state index in [9.17, 15) is 18.7 Å². The molecule has 0 saturated heterocycles. The predicted molar refractivity (Wildman–Crippen MR) is 118 cm³/mol. The molecule has 0 aliphatic carbocycles. The molecule has 2 heterocycles. The number of benzene rings is 1. The molecule has 33 heavy (non-hydrogen) atoms. The van der Waals surface area contributed by atoms with Gasteiger partial charge in [-0.1, -0.05) is 6.58 Å². The zero-order valence-electron chi connectivity index (χ0n) is 17.8. The first kappa shape index (κ1) is 24.1. The Morgan fingerprint density at radius 3 is 2.55 bits per heavy atom. The van der Waals surface area contributed by atoms with Crippen molar-refractivity contribution in [3.05, 3.63) is 70.9 Å². The Kier molecular flexibility index (Phi) is 7.91. The molecule has 0 aliphatic rings. The number of carbonyl (C=O) groups is 1. The molecule has 0 saturated carbocycles. The van der Waals surface area contributed by atoms with Gasteiger partial charge < -0.3 is 19.3 Å². The number of rotatable bonds is 10. The van der Waals surface area contributed by atoms with Crippen molar-refractivity contribution < 1.29 is 32.9 Å². The number of hydrogen-bond acceptors (Lipinski definition) is 8. The molecule has 1 aromatic carbocycles. The van der Waals surface area contributed by atoms with Gasteiger partial charge in [0.2, 0.25) is 11.8 Å². The fourth-order valence-corrected chi connectivity index (χ4v) is 3.44. The summed E-state index contributed by atoms with van der Waals surface area (Å²) in [5.41, 5.74) is 0.659. The second-order valence-electron chi connectivity index (χ2n) is 6.96. The number of hydrogen-bond donors (Lipinski definition) is 2. The van der Waals surface area contributed by atoms with E-state index in [1.807, 2.05) is 0 Å². The van der Waals surface area contributed by atoms with Crippen LogP contribution in [0.2, 0.25) is 0 Å². The van der Waals surface area contributed by atoms with Gasteiger partial charge >= 0.3 is 0 Å². The second kappa shape index (κ2) is 10.8. The molecule has 2 N–H and O–H groups in total. The molecular weight excluding hydrogens is 456 g/mol. The normalized spacial score (nSPS) is 11.6. The maximum atomic E-state index is 13.5. The van der Waals surface area contributed by atoms with E-state index in [-0.39, 0.29) is 41.9 Å². The largest absolute Gasteiger partial charge is 0.513 e. The van der Waals surface area contributed by atoms with Gasteiger partial charge in [-0.2, -0.15) is 4.98 Å². The lowest BCUT2D eigenvalue weighted by molar-refractivity contribution is 0.0882. The Labute approximate surface area is 192 Å². The van der Waals surface area contributed by atoms with Crippen LogP contribution in [0.4, 0.5) is 13.9 Å². The van der Waals surface area contributed by atoms with E-state index in [1.54, 1.807) is 12.3 Å². The standard InChI is InChI=1S/C22H21F2N3O5S/c1-12(28)4-17-11-33-22(25-17)27-21(29)14-5-19(31-13(2)10-30-3)26-20(6-14)32-18-8-15(23)7-16(24)9-18/h5-9,11,13,28H,1,4,10H2,2-3H3,(H,25,27,29)/t13-/m1/s1. The first-order valence-corrected chi connectivity index (χ1v) is 10.5. The van der Waals surface area contributed by atoms with Gasteiger partial charge in [0.15, 0.2) is 5.13 Å². The molecule has 0 bridgehead atoms. The van der Waals surface area contributed by atoms with Gasteiger partial charge in [0.1, 0.15) is 23.5 Å². The highest BCUT2D eigenvalue weighted by Crippen LogP contribution is 2.27. The molecular formula is C22H21F2N3O5S. The molecule has 1 amide bonds. The second-order valence-corrected chi connectivity index (χ2v) is 7.82. The summed E-state index contributed by atoms with van der Waals surface area (Å²) in [6, 6.07) is 5.37. The van der Waals surface area contributed by atoms with Gasteiger partial charge in [-0.25, -0.2) is 13.8 Å². The van der Waals surface area contributed by atoms with Crippen LogP contribution < -0.4 is 14.8 Å². The summed E-state index contributed by atoms with van der Waals surface area (Å²) in [4.78, 5) is 21.2.